The van der Waals surface area contributed by atoms with Crippen LogP contribution in [0.15, 0.2) is 33.5 Å². The van der Waals surface area contributed by atoms with Crippen LogP contribution in [0.5, 0.6) is 11.5 Å². The Morgan fingerprint density at radius 2 is 1.80 bits per heavy atom. The Kier molecular flexibility index (Phi) is 5.62. The smallest absolute Gasteiger partial charge is 0.336 e. The molecule has 0 spiro atoms. The van der Waals surface area contributed by atoms with Gasteiger partial charge in [-0.3, -0.25) is 0 Å². The maximum Gasteiger partial charge on any atom is 0.336 e. The number of rotatable bonds is 3. The Hall–Kier alpha value is -2.21. The van der Waals surface area contributed by atoms with Crippen LogP contribution in [-0.2, 0) is 4.74 Å². The summed E-state index contributed by atoms with van der Waals surface area (Å²) in [5, 5.41) is 49.0. The molecule has 3 rings (SSSR count). The van der Waals surface area contributed by atoms with Gasteiger partial charge in [-0.05, 0) is 12.1 Å². The van der Waals surface area contributed by atoms with Crippen molar-refractivity contribution in [1.82, 2.24) is 0 Å². The molecule has 1 aliphatic heterocycles. The molecule has 1 aromatic carbocycles. The molecule has 0 radical (unpaired) electrons. The van der Waals surface area contributed by atoms with Gasteiger partial charge in [-0.1, -0.05) is 0 Å². The highest BCUT2D eigenvalue weighted by molar-refractivity contribution is 5.80. The number of ether oxygens (including phenoxy) is 2. The van der Waals surface area contributed by atoms with Crippen molar-refractivity contribution in [1.29, 1.82) is 0 Å². The molecule has 0 aliphatic carbocycles. The summed E-state index contributed by atoms with van der Waals surface area (Å²) in [7, 11) is 0. The average Bonchev–Trinajstić information content (AvgIpc) is 2.56. The minimum Gasteiger partial charge on any atom is -0.504 e. The fourth-order valence-corrected chi connectivity index (χ4v) is 2.47. The molecule has 1 fully saturated rings. The zero-order valence-electron chi connectivity index (χ0n) is 12.8. The fourth-order valence-electron chi connectivity index (χ4n) is 2.47. The average molecular weight is 358 g/mol. The van der Waals surface area contributed by atoms with Crippen molar-refractivity contribution in [3.63, 3.8) is 0 Å². The van der Waals surface area contributed by atoms with Crippen LogP contribution in [-0.4, -0.2) is 68.3 Å². The monoisotopic (exact) mass is 358 g/mol. The number of benzene rings is 1. The molecule has 1 aromatic heterocycles. The molecule has 0 saturated carbocycles. The lowest BCUT2D eigenvalue weighted by molar-refractivity contribution is -0.277. The van der Waals surface area contributed by atoms with Gasteiger partial charge in [0.05, 0.1) is 6.61 Å². The zero-order chi connectivity index (χ0) is 17.4. The zero-order valence-corrected chi connectivity index (χ0v) is 12.8. The van der Waals surface area contributed by atoms with Gasteiger partial charge in [0.15, 0.2) is 11.5 Å². The number of hydrogen-bond donors (Lipinski definition) is 5. The minimum absolute atomic E-state index is 0. The van der Waals surface area contributed by atoms with E-state index in [2.05, 4.69) is 0 Å². The number of phenolic OH excluding ortho intramolecular Hbond substituents is 1. The van der Waals surface area contributed by atoms with E-state index >= 15 is 0 Å². The molecule has 0 amide bonds. The number of phenols is 1. The summed E-state index contributed by atoms with van der Waals surface area (Å²) >= 11 is 0. The van der Waals surface area contributed by atoms with Crippen LogP contribution in [0.3, 0.4) is 0 Å². The van der Waals surface area contributed by atoms with E-state index in [-0.39, 0.29) is 22.6 Å². The summed E-state index contributed by atoms with van der Waals surface area (Å²) in [6.45, 7) is -0.598. The van der Waals surface area contributed by atoms with Crippen molar-refractivity contribution in [2.75, 3.05) is 6.61 Å². The van der Waals surface area contributed by atoms with E-state index in [9.17, 15) is 25.2 Å². The Balaban J connectivity index is 0.00000225. The topological polar surface area (TPSA) is 181 Å². The lowest BCUT2D eigenvalue weighted by atomic mass is 9.99. The summed E-state index contributed by atoms with van der Waals surface area (Å²) in [6.07, 6.45) is -7.27. The van der Waals surface area contributed by atoms with Gasteiger partial charge < -0.3 is 44.9 Å². The molecule has 7 N–H and O–H groups in total. The number of hydrogen-bond acceptors (Lipinski definition) is 9. The maximum atomic E-state index is 11.2. The van der Waals surface area contributed by atoms with Crippen LogP contribution < -0.4 is 10.4 Å². The van der Waals surface area contributed by atoms with E-state index in [1.165, 1.54) is 18.2 Å². The van der Waals surface area contributed by atoms with Crippen LogP contribution in [0.2, 0.25) is 0 Å². The largest absolute Gasteiger partial charge is 0.504 e. The predicted molar refractivity (Wildman–Crippen MR) is 82.2 cm³/mol. The minimum atomic E-state index is -1.60. The summed E-state index contributed by atoms with van der Waals surface area (Å²) in [6, 6.07) is 5.17. The summed E-state index contributed by atoms with van der Waals surface area (Å²) in [5.74, 6) is -0.477. The highest BCUT2D eigenvalue weighted by Gasteiger charge is 2.44. The standard InChI is InChI=1S/C15H16O9.H2O/c16-5-10-12(19)13(20)14(21)15(24-10)23-9-3-6-1-2-11(18)22-8(6)4-7(9)17;/h1-4,10,12-17,19-21H,5H2;1H2. The van der Waals surface area contributed by atoms with Gasteiger partial charge in [0.25, 0.3) is 0 Å². The van der Waals surface area contributed by atoms with Crippen molar-refractivity contribution in [3.05, 3.63) is 34.7 Å². The predicted octanol–water partition coefficient (Wildman–Crippen LogP) is -2.15. The molecule has 2 heterocycles. The fraction of sp³-hybridized carbons (Fsp3) is 0.400. The first-order valence-corrected chi connectivity index (χ1v) is 7.15. The second kappa shape index (κ2) is 7.35. The normalized spacial score (nSPS) is 29.2. The van der Waals surface area contributed by atoms with E-state index in [0.29, 0.717) is 5.39 Å². The number of aliphatic hydroxyl groups is 4. The van der Waals surface area contributed by atoms with Gasteiger partial charge in [-0.25, -0.2) is 4.79 Å². The van der Waals surface area contributed by atoms with Crippen LogP contribution >= 0.6 is 0 Å². The van der Waals surface area contributed by atoms with Gasteiger partial charge in [0, 0.05) is 17.5 Å². The molecule has 138 valence electrons. The summed E-state index contributed by atoms with van der Waals surface area (Å²) < 4.78 is 15.5. The Labute approximate surface area is 140 Å². The van der Waals surface area contributed by atoms with Crippen LogP contribution in [0.1, 0.15) is 0 Å². The van der Waals surface area contributed by atoms with Crippen molar-refractivity contribution >= 4 is 11.0 Å². The van der Waals surface area contributed by atoms with Crippen LogP contribution in [0.4, 0.5) is 0 Å². The van der Waals surface area contributed by atoms with E-state index < -0.39 is 42.9 Å². The molecular weight excluding hydrogens is 340 g/mol. The first kappa shape index (κ1) is 19.1. The summed E-state index contributed by atoms with van der Waals surface area (Å²) in [4.78, 5) is 11.2. The molecule has 1 saturated heterocycles. The molecule has 10 heteroatoms. The SMILES string of the molecule is O.O=c1ccc2cc(OC3OC(CO)C(O)C(O)C3O)c(O)cc2o1. The molecule has 5 unspecified atom stereocenters. The number of aromatic hydroxyl groups is 1. The molecule has 25 heavy (non-hydrogen) atoms. The van der Waals surface area contributed by atoms with Gasteiger partial charge in [0.2, 0.25) is 6.29 Å². The maximum absolute atomic E-state index is 11.2. The second-order valence-electron chi connectivity index (χ2n) is 5.43. The van der Waals surface area contributed by atoms with Gasteiger partial charge in [-0.2, -0.15) is 0 Å². The van der Waals surface area contributed by atoms with Crippen molar-refractivity contribution in [2.45, 2.75) is 30.7 Å². The molecule has 5 atom stereocenters. The first-order valence-electron chi connectivity index (χ1n) is 7.15. The van der Waals surface area contributed by atoms with Gasteiger partial charge in [-0.15, -0.1) is 0 Å². The Morgan fingerprint density at radius 1 is 1.08 bits per heavy atom. The van der Waals surface area contributed by atoms with Gasteiger partial charge in [0.1, 0.15) is 30.0 Å². The van der Waals surface area contributed by atoms with Crippen molar-refractivity contribution in [2.24, 2.45) is 0 Å². The third-order valence-corrected chi connectivity index (χ3v) is 3.79. The molecule has 2 aromatic rings. The third-order valence-electron chi connectivity index (χ3n) is 3.79. The van der Waals surface area contributed by atoms with Crippen LogP contribution in [0.25, 0.3) is 11.0 Å². The molecule has 10 nitrogen and oxygen atoms in total. The van der Waals surface area contributed by atoms with E-state index in [1.54, 1.807) is 0 Å². The van der Waals surface area contributed by atoms with Crippen molar-refractivity contribution in [3.8, 4) is 11.5 Å². The van der Waals surface area contributed by atoms with E-state index in [0.717, 1.165) is 6.07 Å². The second-order valence-corrected chi connectivity index (χ2v) is 5.43. The first-order chi connectivity index (χ1) is 11.4. The number of fused-ring (bicyclic) bond motifs is 1. The summed E-state index contributed by atoms with van der Waals surface area (Å²) in [5.41, 5.74) is -0.439. The molecule has 0 bridgehead atoms. The quantitative estimate of drug-likeness (QED) is 0.382. The van der Waals surface area contributed by atoms with E-state index in [4.69, 9.17) is 19.0 Å². The van der Waals surface area contributed by atoms with Crippen LogP contribution in [0, 0.1) is 0 Å². The Morgan fingerprint density at radius 3 is 2.48 bits per heavy atom. The molecule has 1 aliphatic rings. The Bertz CT molecular complexity index is 785. The number of aliphatic hydroxyl groups excluding tert-OH is 4. The van der Waals surface area contributed by atoms with E-state index in [1.807, 2.05) is 0 Å². The lowest BCUT2D eigenvalue weighted by Crippen LogP contribution is -2.60. The third kappa shape index (κ3) is 3.58. The highest BCUT2D eigenvalue weighted by atomic mass is 16.7. The van der Waals surface area contributed by atoms with Gasteiger partial charge >= 0.3 is 5.63 Å². The van der Waals surface area contributed by atoms with Crippen molar-refractivity contribution < 1.29 is 44.9 Å². The lowest BCUT2D eigenvalue weighted by Gasteiger charge is -2.39. The molecular formula is C15H18O10. The highest BCUT2D eigenvalue weighted by Crippen LogP contribution is 2.33.